The van der Waals surface area contributed by atoms with Crippen LogP contribution in [-0.4, -0.2) is 40.3 Å². The summed E-state index contributed by atoms with van der Waals surface area (Å²) in [7, 11) is 0. The maximum Gasteiger partial charge on any atom is 0.223 e. The molecule has 1 fully saturated rings. The summed E-state index contributed by atoms with van der Waals surface area (Å²) in [4.78, 5) is 14.2. The summed E-state index contributed by atoms with van der Waals surface area (Å²) in [6.45, 7) is 4.57. The molecule has 22 heavy (non-hydrogen) atoms. The van der Waals surface area contributed by atoms with Gasteiger partial charge in [-0.2, -0.15) is 0 Å². The Morgan fingerprint density at radius 2 is 1.95 bits per heavy atom. The van der Waals surface area contributed by atoms with Crippen LogP contribution in [0.25, 0.3) is 5.13 Å². The van der Waals surface area contributed by atoms with E-state index in [1.165, 1.54) is 0 Å². The second kappa shape index (κ2) is 6.91. The van der Waals surface area contributed by atoms with Gasteiger partial charge in [0.2, 0.25) is 16.2 Å². The van der Waals surface area contributed by atoms with Crippen molar-refractivity contribution in [3.8, 4) is 5.13 Å². The fraction of sp³-hybridized carbons (Fsp3) is 0.533. The summed E-state index contributed by atoms with van der Waals surface area (Å²) >= 11 is 1.59. The number of hydrogen-bond acceptors (Lipinski definition) is 5. The van der Waals surface area contributed by atoms with E-state index in [-0.39, 0.29) is 11.8 Å². The zero-order valence-corrected chi connectivity index (χ0v) is 13.6. The van der Waals surface area contributed by atoms with Crippen LogP contribution >= 0.6 is 11.3 Å². The van der Waals surface area contributed by atoms with Gasteiger partial charge >= 0.3 is 0 Å². The summed E-state index contributed by atoms with van der Waals surface area (Å²) in [6, 6.07) is 3.95. The van der Waals surface area contributed by atoms with Gasteiger partial charge in [0, 0.05) is 37.9 Å². The Bertz CT molecular complexity index is 601. The van der Waals surface area contributed by atoms with Crippen molar-refractivity contribution in [2.75, 3.05) is 24.5 Å². The highest BCUT2D eigenvalue weighted by molar-refractivity contribution is 7.17. The van der Waals surface area contributed by atoms with Gasteiger partial charge in [-0.25, -0.2) is 0 Å². The van der Waals surface area contributed by atoms with E-state index in [1.54, 1.807) is 11.3 Å². The lowest BCUT2D eigenvalue weighted by molar-refractivity contribution is -0.125. The monoisotopic (exact) mass is 319 g/mol. The molecule has 1 aliphatic heterocycles. The number of aromatic nitrogens is 3. The molecule has 0 atom stereocenters. The predicted molar refractivity (Wildman–Crippen MR) is 87.5 cm³/mol. The molecule has 2 aromatic rings. The minimum absolute atomic E-state index is 0.139. The van der Waals surface area contributed by atoms with Crippen LogP contribution in [0.3, 0.4) is 0 Å². The van der Waals surface area contributed by atoms with Gasteiger partial charge in [0.05, 0.1) is 0 Å². The summed E-state index contributed by atoms with van der Waals surface area (Å²) in [5.41, 5.74) is 0. The molecule has 3 rings (SSSR count). The molecule has 7 heteroatoms. The SMILES string of the molecule is CCCNC(=O)C1CCN(c2nnc(-n3cccc3)s2)CC1. The van der Waals surface area contributed by atoms with E-state index in [1.807, 2.05) is 29.1 Å². The van der Waals surface area contributed by atoms with Crippen molar-refractivity contribution >= 4 is 22.4 Å². The van der Waals surface area contributed by atoms with Crippen LogP contribution in [-0.2, 0) is 4.79 Å². The molecule has 2 aromatic heterocycles. The zero-order valence-electron chi connectivity index (χ0n) is 12.7. The van der Waals surface area contributed by atoms with Crippen molar-refractivity contribution < 1.29 is 4.79 Å². The van der Waals surface area contributed by atoms with E-state index in [2.05, 4.69) is 27.3 Å². The highest BCUT2D eigenvalue weighted by Gasteiger charge is 2.26. The lowest BCUT2D eigenvalue weighted by atomic mass is 9.96. The van der Waals surface area contributed by atoms with E-state index in [4.69, 9.17) is 0 Å². The number of rotatable bonds is 5. The largest absolute Gasteiger partial charge is 0.356 e. The number of piperidine rings is 1. The number of nitrogens with one attached hydrogen (secondary N) is 1. The summed E-state index contributed by atoms with van der Waals surface area (Å²) in [5, 5.41) is 13.3. The van der Waals surface area contributed by atoms with Crippen LogP contribution in [0.5, 0.6) is 0 Å². The first-order valence-corrected chi connectivity index (χ1v) is 8.59. The van der Waals surface area contributed by atoms with Gasteiger partial charge in [-0.1, -0.05) is 18.3 Å². The van der Waals surface area contributed by atoms with Gasteiger partial charge < -0.3 is 10.2 Å². The molecule has 1 aliphatic rings. The van der Waals surface area contributed by atoms with E-state index < -0.39 is 0 Å². The second-order valence-corrected chi connectivity index (χ2v) is 6.44. The van der Waals surface area contributed by atoms with Crippen LogP contribution in [0, 0.1) is 5.92 Å². The molecule has 1 saturated heterocycles. The first kappa shape index (κ1) is 15.0. The normalized spacial score (nSPS) is 16.0. The molecule has 1 N–H and O–H groups in total. The Morgan fingerprint density at radius 3 is 2.64 bits per heavy atom. The van der Waals surface area contributed by atoms with E-state index in [9.17, 15) is 4.79 Å². The van der Waals surface area contributed by atoms with Gasteiger partial charge in [-0.3, -0.25) is 9.36 Å². The highest BCUT2D eigenvalue weighted by Crippen LogP contribution is 2.27. The number of carbonyl (C=O) groups excluding carboxylic acids is 1. The van der Waals surface area contributed by atoms with Crippen LogP contribution in [0.1, 0.15) is 26.2 Å². The van der Waals surface area contributed by atoms with Gasteiger partial charge in [0.1, 0.15) is 0 Å². The summed E-state index contributed by atoms with van der Waals surface area (Å²) in [5.74, 6) is 0.339. The van der Waals surface area contributed by atoms with Crippen molar-refractivity contribution in [3.63, 3.8) is 0 Å². The van der Waals surface area contributed by atoms with Crippen molar-refractivity contribution in [2.24, 2.45) is 5.92 Å². The van der Waals surface area contributed by atoms with E-state index in [0.717, 1.165) is 49.2 Å². The number of carbonyl (C=O) groups is 1. The Kier molecular flexibility index (Phi) is 4.72. The third-order valence-corrected chi connectivity index (χ3v) is 4.91. The van der Waals surface area contributed by atoms with Crippen molar-refractivity contribution in [2.45, 2.75) is 26.2 Å². The first-order chi connectivity index (χ1) is 10.8. The van der Waals surface area contributed by atoms with Crippen molar-refractivity contribution in [3.05, 3.63) is 24.5 Å². The molecule has 118 valence electrons. The average Bonchev–Trinajstić information content (AvgIpc) is 3.23. The molecule has 0 saturated carbocycles. The van der Waals surface area contributed by atoms with Crippen molar-refractivity contribution in [1.82, 2.24) is 20.1 Å². The summed E-state index contributed by atoms with van der Waals surface area (Å²) < 4.78 is 1.96. The van der Waals surface area contributed by atoms with Crippen LogP contribution in [0.15, 0.2) is 24.5 Å². The van der Waals surface area contributed by atoms with Gasteiger partial charge in [0.25, 0.3) is 0 Å². The van der Waals surface area contributed by atoms with Gasteiger partial charge in [-0.05, 0) is 31.4 Å². The fourth-order valence-corrected chi connectivity index (χ4v) is 3.49. The standard InChI is InChI=1S/C15H21N5OS/c1-2-7-16-13(21)12-5-10-20(11-6-12)15-18-17-14(22-15)19-8-3-4-9-19/h3-4,8-9,12H,2,5-7,10-11H2,1H3,(H,16,21). The maximum absolute atomic E-state index is 12.0. The number of hydrogen-bond donors (Lipinski definition) is 1. The molecular formula is C15H21N5OS. The molecule has 0 radical (unpaired) electrons. The van der Waals surface area contributed by atoms with Crippen LogP contribution in [0.4, 0.5) is 5.13 Å². The minimum Gasteiger partial charge on any atom is -0.356 e. The Balaban J connectivity index is 1.56. The molecule has 0 aromatic carbocycles. The Labute approximate surface area is 134 Å². The van der Waals surface area contributed by atoms with E-state index >= 15 is 0 Å². The third-order valence-electron chi connectivity index (χ3n) is 3.91. The number of anilines is 1. The fourth-order valence-electron chi connectivity index (χ4n) is 2.63. The van der Waals surface area contributed by atoms with E-state index in [0.29, 0.717) is 0 Å². The highest BCUT2D eigenvalue weighted by atomic mass is 32.1. The average molecular weight is 319 g/mol. The topological polar surface area (TPSA) is 63.1 Å². The molecular weight excluding hydrogens is 298 g/mol. The van der Waals surface area contributed by atoms with Crippen molar-refractivity contribution in [1.29, 1.82) is 0 Å². The molecule has 3 heterocycles. The molecule has 6 nitrogen and oxygen atoms in total. The second-order valence-electron chi connectivity index (χ2n) is 5.51. The summed E-state index contributed by atoms with van der Waals surface area (Å²) in [6.07, 6.45) is 6.68. The molecule has 0 unspecified atom stereocenters. The zero-order chi connectivity index (χ0) is 15.4. The predicted octanol–water partition coefficient (Wildman–Crippen LogP) is 2.07. The van der Waals surface area contributed by atoms with Crippen LogP contribution < -0.4 is 10.2 Å². The molecule has 0 bridgehead atoms. The third kappa shape index (κ3) is 3.30. The maximum atomic E-state index is 12.0. The lowest BCUT2D eigenvalue weighted by Crippen LogP contribution is -2.40. The molecule has 1 amide bonds. The van der Waals surface area contributed by atoms with Crippen LogP contribution in [0.2, 0.25) is 0 Å². The number of nitrogens with zero attached hydrogens (tertiary/aromatic N) is 4. The smallest absolute Gasteiger partial charge is 0.223 e. The Morgan fingerprint density at radius 1 is 1.27 bits per heavy atom. The quantitative estimate of drug-likeness (QED) is 0.916. The minimum atomic E-state index is 0.139. The number of amides is 1. The lowest BCUT2D eigenvalue weighted by Gasteiger charge is -2.30. The Hall–Kier alpha value is -1.89. The molecule has 0 spiro atoms. The molecule has 0 aliphatic carbocycles. The van der Waals surface area contributed by atoms with Gasteiger partial charge in [-0.15, -0.1) is 10.2 Å². The van der Waals surface area contributed by atoms with Gasteiger partial charge in [0.15, 0.2) is 0 Å². The first-order valence-electron chi connectivity index (χ1n) is 7.77.